The van der Waals surface area contributed by atoms with Crippen LogP contribution < -0.4 is 10.2 Å². The number of carbonyl (C=O) groups excluding carboxylic acids is 2. The third-order valence-corrected chi connectivity index (χ3v) is 7.66. The summed E-state index contributed by atoms with van der Waals surface area (Å²) in [4.78, 5) is 26.4. The monoisotopic (exact) mass is 377 g/mol. The number of nitrogens with zero attached hydrogens (tertiary/aromatic N) is 2. The minimum atomic E-state index is -3.77. The second kappa shape index (κ2) is 5.94. The van der Waals surface area contributed by atoms with Crippen molar-refractivity contribution in [2.75, 3.05) is 11.4 Å². The molecule has 2 saturated heterocycles. The van der Waals surface area contributed by atoms with Gasteiger partial charge in [0, 0.05) is 6.54 Å². The largest absolute Gasteiger partial charge is 0.332 e. The normalized spacial score (nSPS) is 24.2. The number of nitrogens with one attached hydrogen (secondary N) is 1. The van der Waals surface area contributed by atoms with Crippen molar-refractivity contribution in [2.45, 2.75) is 22.7 Å². The number of benzene rings is 1. The second-order valence-corrected chi connectivity index (χ2v) is 8.91. The highest BCUT2D eigenvalue weighted by molar-refractivity contribution is 7.91. The van der Waals surface area contributed by atoms with Crippen LogP contribution in [0.5, 0.6) is 0 Å². The van der Waals surface area contributed by atoms with Gasteiger partial charge in [-0.25, -0.2) is 18.1 Å². The molecule has 130 valence electrons. The number of carbonyl (C=O) groups is 2. The van der Waals surface area contributed by atoms with Gasteiger partial charge in [-0.1, -0.05) is 24.3 Å². The molecule has 2 fully saturated rings. The predicted octanol–water partition coefficient (Wildman–Crippen LogP) is 1.64. The Morgan fingerprint density at radius 2 is 1.84 bits per heavy atom. The smallest absolute Gasteiger partial charge is 0.329 e. The molecule has 0 aliphatic carbocycles. The first-order valence-electron chi connectivity index (χ1n) is 7.75. The van der Waals surface area contributed by atoms with E-state index in [1.165, 1.54) is 10.4 Å². The van der Waals surface area contributed by atoms with Crippen LogP contribution in [-0.4, -0.2) is 43.3 Å². The van der Waals surface area contributed by atoms with Crippen LogP contribution in [0.4, 0.5) is 10.5 Å². The zero-order valence-electron chi connectivity index (χ0n) is 13.0. The molecule has 2 aliphatic heterocycles. The lowest BCUT2D eigenvalue weighted by molar-refractivity contribution is -0.122. The van der Waals surface area contributed by atoms with Crippen molar-refractivity contribution in [3.05, 3.63) is 47.8 Å². The standard InChI is InChI=1S/C16H15N3O4S2/c20-15-14-12(17-16(21)19(15)11-5-2-1-3-6-11)8-9-18(14)25(22,23)13-7-4-10-24-13/h1-7,10,12,14H,8-9H2,(H,17,21)/t12-,14+/m1/s1. The fourth-order valence-electron chi connectivity index (χ4n) is 3.28. The van der Waals surface area contributed by atoms with Crippen LogP contribution >= 0.6 is 11.3 Å². The fourth-order valence-corrected chi connectivity index (χ4v) is 6.04. The van der Waals surface area contributed by atoms with E-state index in [2.05, 4.69) is 5.32 Å². The van der Waals surface area contributed by atoms with Gasteiger partial charge in [0.1, 0.15) is 10.3 Å². The Labute approximate surface area is 148 Å². The molecular formula is C16H15N3O4S2. The van der Waals surface area contributed by atoms with Crippen molar-refractivity contribution in [1.29, 1.82) is 0 Å². The van der Waals surface area contributed by atoms with Crippen LogP contribution in [0.25, 0.3) is 0 Å². The number of rotatable bonds is 3. The highest BCUT2D eigenvalue weighted by Gasteiger charge is 2.52. The zero-order valence-corrected chi connectivity index (χ0v) is 14.7. The average Bonchev–Trinajstić information content (AvgIpc) is 3.26. The number of imide groups is 1. The summed E-state index contributed by atoms with van der Waals surface area (Å²) in [6.45, 7) is 0.199. The molecule has 2 atom stereocenters. The molecule has 4 rings (SSSR count). The third-order valence-electron chi connectivity index (χ3n) is 4.41. The molecule has 2 aliphatic rings. The van der Waals surface area contributed by atoms with Gasteiger partial charge >= 0.3 is 6.03 Å². The van der Waals surface area contributed by atoms with E-state index in [1.807, 2.05) is 0 Å². The molecular weight excluding hydrogens is 362 g/mol. The summed E-state index contributed by atoms with van der Waals surface area (Å²) in [7, 11) is -3.77. The van der Waals surface area contributed by atoms with Gasteiger partial charge < -0.3 is 5.32 Å². The number of thiophene rings is 1. The molecule has 0 bridgehead atoms. The molecule has 1 N–H and O–H groups in total. The molecule has 3 heterocycles. The minimum Gasteiger partial charge on any atom is -0.332 e. The zero-order chi connectivity index (χ0) is 17.6. The first-order valence-corrected chi connectivity index (χ1v) is 10.1. The van der Waals surface area contributed by atoms with Crippen molar-refractivity contribution < 1.29 is 18.0 Å². The topological polar surface area (TPSA) is 86.8 Å². The predicted molar refractivity (Wildman–Crippen MR) is 92.9 cm³/mol. The molecule has 0 saturated carbocycles. The molecule has 3 amide bonds. The van der Waals surface area contributed by atoms with E-state index < -0.39 is 34.0 Å². The number of hydrogen-bond donors (Lipinski definition) is 1. The van der Waals surface area contributed by atoms with Crippen molar-refractivity contribution in [1.82, 2.24) is 9.62 Å². The number of hydrogen-bond acceptors (Lipinski definition) is 5. The average molecular weight is 377 g/mol. The molecule has 25 heavy (non-hydrogen) atoms. The van der Waals surface area contributed by atoms with Gasteiger partial charge in [0.15, 0.2) is 0 Å². The van der Waals surface area contributed by atoms with Crippen molar-refractivity contribution in [2.24, 2.45) is 0 Å². The Balaban J connectivity index is 1.72. The third kappa shape index (κ3) is 2.55. The Morgan fingerprint density at radius 3 is 2.52 bits per heavy atom. The van der Waals surface area contributed by atoms with Crippen molar-refractivity contribution in [3.63, 3.8) is 0 Å². The maximum absolute atomic E-state index is 13.0. The number of anilines is 1. The Bertz CT molecular complexity index is 912. The van der Waals surface area contributed by atoms with Crippen molar-refractivity contribution >= 4 is 39.0 Å². The van der Waals surface area contributed by atoms with Gasteiger partial charge in [-0.2, -0.15) is 4.31 Å². The van der Waals surface area contributed by atoms with Gasteiger partial charge in [0.05, 0.1) is 11.7 Å². The van der Waals surface area contributed by atoms with E-state index in [4.69, 9.17) is 0 Å². The molecule has 0 unspecified atom stereocenters. The molecule has 0 spiro atoms. The maximum Gasteiger partial charge on any atom is 0.329 e. The van der Waals surface area contributed by atoms with Gasteiger partial charge in [-0.15, -0.1) is 11.3 Å². The molecule has 1 aromatic carbocycles. The number of para-hydroxylation sites is 1. The number of sulfonamides is 1. The van der Waals surface area contributed by atoms with Crippen molar-refractivity contribution in [3.8, 4) is 0 Å². The lowest BCUT2D eigenvalue weighted by atomic mass is 10.1. The highest BCUT2D eigenvalue weighted by atomic mass is 32.2. The summed E-state index contributed by atoms with van der Waals surface area (Å²) >= 11 is 1.11. The number of fused-ring (bicyclic) bond motifs is 1. The van der Waals surface area contributed by atoms with E-state index in [1.54, 1.807) is 41.8 Å². The van der Waals surface area contributed by atoms with E-state index in [-0.39, 0.29) is 10.8 Å². The van der Waals surface area contributed by atoms with E-state index in [9.17, 15) is 18.0 Å². The first kappa shape index (κ1) is 16.2. The van der Waals surface area contributed by atoms with E-state index in [0.717, 1.165) is 16.2 Å². The Morgan fingerprint density at radius 1 is 1.08 bits per heavy atom. The van der Waals surface area contributed by atoms with Crippen LogP contribution in [-0.2, 0) is 14.8 Å². The lowest BCUT2D eigenvalue weighted by Crippen LogP contribution is -2.64. The van der Waals surface area contributed by atoms with Gasteiger partial charge in [-0.3, -0.25) is 4.79 Å². The van der Waals surface area contributed by atoms with Crippen LogP contribution in [0.2, 0.25) is 0 Å². The van der Waals surface area contributed by atoms with Gasteiger partial charge in [0.25, 0.3) is 15.9 Å². The minimum absolute atomic E-state index is 0.198. The van der Waals surface area contributed by atoms with Crippen LogP contribution in [0.15, 0.2) is 52.1 Å². The Hall–Kier alpha value is -2.23. The van der Waals surface area contributed by atoms with Gasteiger partial charge in [0.2, 0.25) is 0 Å². The molecule has 7 nitrogen and oxygen atoms in total. The summed E-state index contributed by atoms with van der Waals surface area (Å²) < 4.78 is 27.2. The summed E-state index contributed by atoms with van der Waals surface area (Å²) in [5, 5.41) is 4.45. The molecule has 1 aromatic heterocycles. The fraction of sp³-hybridized carbons (Fsp3) is 0.250. The highest BCUT2D eigenvalue weighted by Crippen LogP contribution is 2.33. The second-order valence-electron chi connectivity index (χ2n) is 5.85. The summed E-state index contributed by atoms with van der Waals surface area (Å²) in [5.74, 6) is -0.516. The van der Waals surface area contributed by atoms with Crippen LogP contribution in [0.1, 0.15) is 6.42 Å². The number of urea groups is 1. The number of amides is 3. The first-order chi connectivity index (χ1) is 12.0. The van der Waals surface area contributed by atoms with E-state index >= 15 is 0 Å². The quantitative estimate of drug-likeness (QED) is 0.881. The van der Waals surface area contributed by atoms with Crippen LogP contribution in [0, 0.1) is 0 Å². The summed E-state index contributed by atoms with van der Waals surface area (Å²) in [6.07, 6.45) is 0.412. The maximum atomic E-state index is 13.0. The summed E-state index contributed by atoms with van der Waals surface area (Å²) in [5.41, 5.74) is 0.420. The van der Waals surface area contributed by atoms with Gasteiger partial charge in [-0.05, 0) is 30.0 Å². The molecule has 2 aromatic rings. The molecule has 9 heteroatoms. The van der Waals surface area contributed by atoms with Crippen LogP contribution in [0.3, 0.4) is 0 Å². The summed E-state index contributed by atoms with van der Waals surface area (Å²) in [6, 6.07) is 9.73. The SMILES string of the molecule is O=C1N[C@@H]2CCN(S(=O)(=O)c3cccs3)[C@@H]2C(=O)N1c1ccccc1. The van der Waals surface area contributed by atoms with E-state index in [0.29, 0.717) is 12.1 Å². The Kier molecular flexibility index (Phi) is 3.86. The molecule has 0 radical (unpaired) electrons. The lowest BCUT2D eigenvalue weighted by Gasteiger charge is -2.36.